The quantitative estimate of drug-likeness (QED) is 0.868. The van der Waals surface area contributed by atoms with Crippen molar-refractivity contribution in [1.82, 2.24) is 4.98 Å². The first-order chi connectivity index (χ1) is 9.66. The van der Waals surface area contributed by atoms with Gasteiger partial charge in [-0.05, 0) is 50.7 Å². The number of nitrogens with two attached hydrogens (primary N) is 1. The Labute approximate surface area is 126 Å². The average Bonchev–Trinajstić information content (AvgIpc) is 3.09. The van der Waals surface area contributed by atoms with Crippen LogP contribution in [0.25, 0.3) is 0 Å². The van der Waals surface area contributed by atoms with Crippen LogP contribution in [0.15, 0.2) is 12.1 Å². The number of anilines is 1. The summed E-state index contributed by atoms with van der Waals surface area (Å²) in [6.45, 7) is 3.13. The highest BCUT2D eigenvalue weighted by atomic mass is 32.1. The van der Waals surface area contributed by atoms with Gasteiger partial charge in [0, 0.05) is 18.3 Å². The largest absolute Gasteiger partial charge is 0.389 e. The topological polar surface area (TPSA) is 42.1 Å². The fourth-order valence-corrected chi connectivity index (χ4v) is 4.00. The monoisotopic (exact) mass is 289 g/mol. The van der Waals surface area contributed by atoms with Crippen LogP contribution in [0.4, 0.5) is 5.82 Å². The zero-order chi connectivity index (χ0) is 14.1. The Hall–Kier alpha value is -1.16. The minimum Gasteiger partial charge on any atom is -0.389 e. The number of pyridine rings is 1. The van der Waals surface area contributed by atoms with Crippen molar-refractivity contribution in [3.05, 3.63) is 23.4 Å². The predicted molar refractivity (Wildman–Crippen MR) is 87.2 cm³/mol. The molecule has 0 spiro atoms. The molecule has 108 valence electrons. The second kappa shape index (κ2) is 5.68. The summed E-state index contributed by atoms with van der Waals surface area (Å²) in [5.41, 5.74) is 7.88. The zero-order valence-electron chi connectivity index (χ0n) is 12.1. The molecule has 1 unspecified atom stereocenters. The molecule has 2 aliphatic rings. The third kappa shape index (κ3) is 2.53. The van der Waals surface area contributed by atoms with Gasteiger partial charge in [-0.25, -0.2) is 4.98 Å². The fraction of sp³-hybridized carbons (Fsp3) is 0.625. The third-order valence-electron chi connectivity index (χ3n) is 4.80. The smallest absolute Gasteiger partial charge is 0.139 e. The maximum Gasteiger partial charge on any atom is 0.139 e. The van der Waals surface area contributed by atoms with Crippen LogP contribution in [-0.2, 0) is 0 Å². The number of hydrogen-bond acceptors (Lipinski definition) is 3. The predicted octanol–water partition coefficient (Wildman–Crippen LogP) is 3.18. The van der Waals surface area contributed by atoms with E-state index in [0.717, 1.165) is 29.5 Å². The number of thiocarbonyl (C=S) groups is 1. The second-order valence-corrected chi connectivity index (χ2v) is 6.58. The summed E-state index contributed by atoms with van der Waals surface area (Å²) in [6.07, 6.45) is 8.06. The lowest BCUT2D eigenvalue weighted by Gasteiger charge is -2.31. The molecule has 2 heterocycles. The van der Waals surface area contributed by atoms with Gasteiger partial charge in [0.1, 0.15) is 10.8 Å². The molecule has 1 atom stereocenters. The Balaban J connectivity index is 1.94. The van der Waals surface area contributed by atoms with E-state index in [1.807, 2.05) is 19.1 Å². The normalized spacial score (nSPS) is 23.4. The van der Waals surface area contributed by atoms with Crippen LogP contribution in [0.3, 0.4) is 0 Å². The van der Waals surface area contributed by atoms with Crippen LogP contribution in [0.2, 0.25) is 0 Å². The molecule has 2 N–H and O–H groups in total. The maximum absolute atomic E-state index is 5.90. The molecular formula is C16H23N3S. The number of nitrogens with zero attached hydrogens (tertiary/aromatic N) is 2. The number of aromatic nitrogens is 1. The highest BCUT2D eigenvalue weighted by Crippen LogP contribution is 2.38. The van der Waals surface area contributed by atoms with Gasteiger partial charge < -0.3 is 10.6 Å². The van der Waals surface area contributed by atoms with E-state index in [9.17, 15) is 0 Å². The van der Waals surface area contributed by atoms with Gasteiger partial charge in [-0.2, -0.15) is 0 Å². The van der Waals surface area contributed by atoms with E-state index < -0.39 is 0 Å². The molecule has 0 amide bonds. The Morgan fingerprint density at radius 3 is 2.70 bits per heavy atom. The van der Waals surface area contributed by atoms with Crippen molar-refractivity contribution in [2.75, 3.05) is 11.4 Å². The Morgan fingerprint density at radius 1 is 1.25 bits per heavy atom. The summed E-state index contributed by atoms with van der Waals surface area (Å²) in [6, 6.07) is 4.67. The van der Waals surface area contributed by atoms with Crippen molar-refractivity contribution in [2.45, 2.75) is 51.5 Å². The SMILES string of the molecule is Cc1ccc(C(N)=S)c(N2CCCC2C2CCCC2)n1. The van der Waals surface area contributed by atoms with Gasteiger partial charge in [-0.15, -0.1) is 0 Å². The van der Waals surface area contributed by atoms with Crippen molar-refractivity contribution >= 4 is 23.0 Å². The summed E-state index contributed by atoms with van der Waals surface area (Å²) >= 11 is 5.21. The first-order valence-corrected chi connectivity index (χ1v) is 8.12. The van der Waals surface area contributed by atoms with Crippen LogP contribution in [-0.4, -0.2) is 22.6 Å². The number of hydrogen-bond donors (Lipinski definition) is 1. The molecule has 1 saturated carbocycles. The van der Waals surface area contributed by atoms with Crippen LogP contribution in [0.1, 0.15) is 49.8 Å². The first kappa shape index (κ1) is 13.8. The zero-order valence-corrected chi connectivity index (χ0v) is 13.0. The standard InChI is InChI=1S/C16H23N3S/c1-11-8-9-13(15(17)20)16(18-11)19-10-4-7-14(19)12-5-2-3-6-12/h8-9,12,14H,2-7,10H2,1H3,(H2,17,20). The average molecular weight is 289 g/mol. The molecule has 2 fully saturated rings. The van der Waals surface area contributed by atoms with Gasteiger partial charge in [0.05, 0.1) is 5.56 Å². The van der Waals surface area contributed by atoms with E-state index in [2.05, 4.69) is 4.90 Å². The summed E-state index contributed by atoms with van der Waals surface area (Å²) in [7, 11) is 0. The van der Waals surface area contributed by atoms with Crippen LogP contribution in [0, 0.1) is 12.8 Å². The molecule has 20 heavy (non-hydrogen) atoms. The molecule has 0 radical (unpaired) electrons. The van der Waals surface area contributed by atoms with Crippen molar-refractivity contribution < 1.29 is 0 Å². The van der Waals surface area contributed by atoms with E-state index in [1.165, 1.54) is 38.5 Å². The van der Waals surface area contributed by atoms with Crippen LogP contribution >= 0.6 is 12.2 Å². The van der Waals surface area contributed by atoms with Gasteiger partial charge in [-0.1, -0.05) is 25.1 Å². The van der Waals surface area contributed by atoms with Crippen molar-refractivity contribution in [1.29, 1.82) is 0 Å². The van der Waals surface area contributed by atoms with E-state index in [4.69, 9.17) is 22.9 Å². The lowest BCUT2D eigenvalue weighted by atomic mass is 9.96. The van der Waals surface area contributed by atoms with Crippen LogP contribution in [0.5, 0.6) is 0 Å². The van der Waals surface area contributed by atoms with Gasteiger partial charge in [0.15, 0.2) is 0 Å². The molecule has 3 nitrogen and oxygen atoms in total. The first-order valence-electron chi connectivity index (χ1n) is 7.71. The highest BCUT2D eigenvalue weighted by molar-refractivity contribution is 7.80. The summed E-state index contributed by atoms with van der Waals surface area (Å²) in [5.74, 6) is 1.85. The van der Waals surface area contributed by atoms with Crippen LogP contribution < -0.4 is 10.6 Å². The van der Waals surface area contributed by atoms with Gasteiger partial charge in [-0.3, -0.25) is 0 Å². The second-order valence-electron chi connectivity index (χ2n) is 6.14. The van der Waals surface area contributed by atoms with Crippen molar-refractivity contribution in [2.24, 2.45) is 11.7 Å². The molecule has 4 heteroatoms. The molecule has 1 aliphatic heterocycles. The minimum absolute atomic E-state index is 0.463. The van der Waals surface area contributed by atoms with Crippen molar-refractivity contribution in [3.8, 4) is 0 Å². The van der Waals surface area contributed by atoms with E-state index in [-0.39, 0.29) is 0 Å². The Kier molecular flexibility index (Phi) is 3.92. The Bertz CT molecular complexity index is 508. The molecule has 1 aromatic heterocycles. The maximum atomic E-state index is 5.90. The summed E-state index contributed by atoms with van der Waals surface area (Å²) < 4.78 is 0. The highest BCUT2D eigenvalue weighted by Gasteiger charge is 2.35. The van der Waals surface area contributed by atoms with E-state index in [1.54, 1.807) is 0 Å². The lowest BCUT2D eigenvalue weighted by molar-refractivity contribution is 0.429. The van der Waals surface area contributed by atoms with E-state index >= 15 is 0 Å². The molecule has 1 aliphatic carbocycles. The molecular weight excluding hydrogens is 266 g/mol. The molecule has 0 aromatic carbocycles. The minimum atomic E-state index is 0.463. The fourth-order valence-electron chi connectivity index (χ4n) is 3.84. The van der Waals surface area contributed by atoms with Gasteiger partial charge in [0.25, 0.3) is 0 Å². The number of aryl methyl sites for hydroxylation is 1. The lowest BCUT2D eigenvalue weighted by Crippen LogP contribution is -2.36. The van der Waals surface area contributed by atoms with Crippen molar-refractivity contribution in [3.63, 3.8) is 0 Å². The number of rotatable bonds is 3. The molecule has 1 aromatic rings. The van der Waals surface area contributed by atoms with Gasteiger partial charge in [0.2, 0.25) is 0 Å². The molecule has 1 saturated heterocycles. The van der Waals surface area contributed by atoms with Gasteiger partial charge >= 0.3 is 0 Å². The third-order valence-corrected chi connectivity index (χ3v) is 5.02. The summed E-state index contributed by atoms with van der Waals surface area (Å²) in [5, 5.41) is 0. The molecule has 0 bridgehead atoms. The summed E-state index contributed by atoms with van der Waals surface area (Å²) in [4.78, 5) is 7.70. The Morgan fingerprint density at radius 2 is 2.00 bits per heavy atom. The molecule has 3 rings (SSSR count). The van der Waals surface area contributed by atoms with E-state index in [0.29, 0.717) is 11.0 Å².